The third-order valence-electron chi connectivity index (χ3n) is 3.42. The van der Waals surface area contributed by atoms with E-state index in [-0.39, 0.29) is 11.9 Å². The summed E-state index contributed by atoms with van der Waals surface area (Å²) < 4.78 is 5.39. The predicted molar refractivity (Wildman–Crippen MR) is 85.0 cm³/mol. The Bertz CT molecular complexity index is 668. The maximum absolute atomic E-state index is 12.0. The van der Waals surface area contributed by atoms with Gasteiger partial charge in [0.25, 0.3) is 0 Å². The predicted octanol–water partition coefficient (Wildman–Crippen LogP) is 4.10. The van der Waals surface area contributed by atoms with E-state index in [9.17, 15) is 4.79 Å². The van der Waals surface area contributed by atoms with Crippen molar-refractivity contribution in [2.24, 2.45) is 0 Å². The minimum absolute atomic E-state index is 0.0274. The molecule has 0 fully saturated rings. The number of rotatable bonds is 4. The smallest absolute Gasteiger partial charge is 0.244 e. The number of hydrogen-bond donors (Lipinski definition) is 1. The number of carbonyl (C=O) groups excluding carboxylic acids is 1. The highest BCUT2D eigenvalue weighted by atomic mass is 16.3. The summed E-state index contributed by atoms with van der Waals surface area (Å²) in [4.78, 5) is 12.0. The molecular weight excluding hydrogens is 262 g/mol. The number of carbonyl (C=O) groups is 1. The lowest BCUT2D eigenvalue weighted by Gasteiger charge is -2.16. The number of hydrogen-bond acceptors (Lipinski definition) is 2. The largest absolute Gasteiger partial charge is 0.462 e. The molecule has 0 saturated carbocycles. The van der Waals surface area contributed by atoms with Gasteiger partial charge in [-0.15, -0.1) is 0 Å². The molecule has 0 aliphatic carbocycles. The Balaban J connectivity index is 2.02. The Morgan fingerprint density at radius 1 is 1.19 bits per heavy atom. The lowest BCUT2D eigenvalue weighted by Crippen LogP contribution is -2.25. The fraction of sp³-hybridized carbons (Fsp3) is 0.278. The monoisotopic (exact) mass is 283 g/mol. The van der Waals surface area contributed by atoms with Gasteiger partial charge >= 0.3 is 0 Å². The summed E-state index contributed by atoms with van der Waals surface area (Å²) in [6, 6.07) is 9.95. The Labute approximate surface area is 125 Å². The van der Waals surface area contributed by atoms with Crippen molar-refractivity contribution >= 4 is 12.0 Å². The zero-order chi connectivity index (χ0) is 15.4. The molecule has 0 saturated heterocycles. The molecule has 0 aliphatic rings. The Morgan fingerprint density at radius 2 is 1.95 bits per heavy atom. The summed E-state index contributed by atoms with van der Waals surface area (Å²) in [6.07, 6.45) is 3.18. The van der Waals surface area contributed by atoms with Gasteiger partial charge in [-0.3, -0.25) is 4.79 Å². The second kappa shape index (κ2) is 6.44. The summed E-state index contributed by atoms with van der Waals surface area (Å²) in [5, 5.41) is 2.97. The number of nitrogens with one attached hydrogen (secondary N) is 1. The van der Waals surface area contributed by atoms with Crippen molar-refractivity contribution in [1.29, 1.82) is 0 Å². The zero-order valence-corrected chi connectivity index (χ0v) is 12.9. The van der Waals surface area contributed by atoms with E-state index in [1.54, 1.807) is 6.08 Å². The fourth-order valence-corrected chi connectivity index (χ4v) is 2.27. The topological polar surface area (TPSA) is 42.2 Å². The Kier molecular flexibility index (Phi) is 4.63. The molecule has 3 nitrogen and oxygen atoms in total. The van der Waals surface area contributed by atoms with Crippen molar-refractivity contribution in [3.8, 4) is 0 Å². The molecule has 0 aliphatic heterocycles. The minimum Gasteiger partial charge on any atom is -0.462 e. The summed E-state index contributed by atoms with van der Waals surface area (Å²) in [7, 11) is 0. The third kappa shape index (κ3) is 4.09. The van der Waals surface area contributed by atoms with E-state index in [1.165, 1.54) is 17.2 Å². The first-order valence-electron chi connectivity index (χ1n) is 7.08. The fourth-order valence-electron chi connectivity index (χ4n) is 2.27. The van der Waals surface area contributed by atoms with Gasteiger partial charge in [-0.2, -0.15) is 0 Å². The first-order chi connectivity index (χ1) is 9.95. The van der Waals surface area contributed by atoms with Crippen LogP contribution < -0.4 is 5.32 Å². The van der Waals surface area contributed by atoms with Gasteiger partial charge in [0.05, 0.1) is 6.04 Å². The van der Waals surface area contributed by atoms with Crippen molar-refractivity contribution in [3.63, 3.8) is 0 Å². The third-order valence-corrected chi connectivity index (χ3v) is 3.42. The molecule has 1 heterocycles. The van der Waals surface area contributed by atoms with E-state index in [4.69, 9.17) is 4.42 Å². The van der Waals surface area contributed by atoms with Gasteiger partial charge in [-0.25, -0.2) is 0 Å². The average Bonchev–Trinajstić information content (AvgIpc) is 2.85. The van der Waals surface area contributed by atoms with Gasteiger partial charge in [-0.05, 0) is 57.0 Å². The molecular formula is C18H21NO2. The summed E-state index contributed by atoms with van der Waals surface area (Å²) in [6.45, 7) is 7.97. The second-order valence-electron chi connectivity index (χ2n) is 5.37. The summed E-state index contributed by atoms with van der Waals surface area (Å²) >= 11 is 0. The molecule has 110 valence electrons. The highest BCUT2D eigenvalue weighted by Gasteiger charge is 2.10. The molecule has 1 N–H and O–H groups in total. The van der Waals surface area contributed by atoms with Crippen LogP contribution in [0.1, 0.15) is 41.2 Å². The van der Waals surface area contributed by atoms with E-state index >= 15 is 0 Å². The summed E-state index contributed by atoms with van der Waals surface area (Å²) in [5.41, 5.74) is 3.52. The van der Waals surface area contributed by atoms with Crippen LogP contribution in [0, 0.1) is 20.8 Å². The van der Waals surface area contributed by atoms with Gasteiger partial charge in [0.2, 0.25) is 5.91 Å². The van der Waals surface area contributed by atoms with Crippen LogP contribution in [0.4, 0.5) is 0 Å². The standard InChI is InChI=1S/C18H21NO2/c1-12-5-6-13(2)17(11-12)15(4)19-18(20)10-9-16-8-7-14(3)21-16/h5-11,15H,1-4H3,(H,19,20)/b10-9+. The number of furan rings is 1. The van der Waals surface area contributed by atoms with Crippen LogP contribution in [0.2, 0.25) is 0 Å². The molecule has 0 spiro atoms. The average molecular weight is 283 g/mol. The normalized spacial score (nSPS) is 12.6. The van der Waals surface area contributed by atoms with Crippen LogP contribution in [-0.4, -0.2) is 5.91 Å². The maximum Gasteiger partial charge on any atom is 0.244 e. The minimum atomic E-state index is -0.127. The number of aryl methyl sites for hydroxylation is 3. The van der Waals surface area contributed by atoms with Crippen molar-refractivity contribution in [1.82, 2.24) is 5.32 Å². The molecule has 0 radical (unpaired) electrons. The molecule has 1 unspecified atom stereocenters. The van der Waals surface area contributed by atoms with Gasteiger partial charge in [0.1, 0.15) is 11.5 Å². The maximum atomic E-state index is 12.0. The SMILES string of the molecule is Cc1ccc(C)c(C(C)NC(=O)/C=C/c2ccc(C)o2)c1. The summed E-state index contributed by atoms with van der Waals surface area (Å²) in [5.74, 6) is 1.39. The van der Waals surface area contributed by atoms with Crippen LogP contribution in [0.3, 0.4) is 0 Å². The molecule has 0 bridgehead atoms. The number of amides is 1. The lowest BCUT2D eigenvalue weighted by molar-refractivity contribution is -0.117. The van der Waals surface area contributed by atoms with Crippen LogP contribution in [0.5, 0.6) is 0 Å². The zero-order valence-electron chi connectivity index (χ0n) is 12.9. The highest BCUT2D eigenvalue weighted by molar-refractivity contribution is 5.91. The molecule has 1 amide bonds. The van der Waals surface area contributed by atoms with Gasteiger partial charge in [-0.1, -0.05) is 23.8 Å². The number of benzene rings is 1. The van der Waals surface area contributed by atoms with Crippen molar-refractivity contribution in [2.75, 3.05) is 0 Å². The van der Waals surface area contributed by atoms with Crippen LogP contribution >= 0.6 is 0 Å². The van der Waals surface area contributed by atoms with E-state index in [2.05, 4.69) is 37.4 Å². The molecule has 2 aromatic rings. The van der Waals surface area contributed by atoms with Gasteiger partial charge < -0.3 is 9.73 Å². The van der Waals surface area contributed by atoms with Crippen LogP contribution in [0.15, 0.2) is 40.8 Å². The first kappa shape index (κ1) is 15.1. The van der Waals surface area contributed by atoms with Crippen LogP contribution in [-0.2, 0) is 4.79 Å². The van der Waals surface area contributed by atoms with Crippen LogP contribution in [0.25, 0.3) is 6.08 Å². The van der Waals surface area contributed by atoms with Crippen molar-refractivity contribution < 1.29 is 9.21 Å². The Hall–Kier alpha value is -2.29. The van der Waals surface area contributed by atoms with Gasteiger partial charge in [0, 0.05) is 6.08 Å². The van der Waals surface area contributed by atoms with E-state index in [0.29, 0.717) is 5.76 Å². The quantitative estimate of drug-likeness (QED) is 0.858. The van der Waals surface area contributed by atoms with E-state index in [1.807, 2.05) is 26.0 Å². The molecule has 1 atom stereocenters. The molecule has 1 aromatic carbocycles. The lowest BCUT2D eigenvalue weighted by atomic mass is 10.00. The van der Waals surface area contributed by atoms with Crippen molar-refractivity contribution in [2.45, 2.75) is 33.7 Å². The second-order valence-corrected chi connectivity index (χ2v) is 5.37. The molecule has 1 aromatic heterocycles. The highest BCUT2D eigenvalue weighted by Crippen LogP contribution is 2.18. The van der Waals surface area contributed by atoms with Crippen molar-refractivity contribution in [3.05, 3.63) is 64.6 Å². The Morgan fingerprint density at radius 3 is 2.62 bits per heavy atom. The van der Waals surface area contributed by atoms with E-state index in [0.717, 1.165) is 11.3 Å². The first-order valence-corrected chi connectivity index (χ1v) is 7.08. The van der Waals surface area contributed by atoms with Gasteiger partial charge in [0.15, 0.2) is 0 Å². The molecule has 3 heteroatoms. The van der Waals surface area contributed by atoms with E-state index < -0.39 is 0 Å². The molecule has 21 heavy (non-hydrogen) atoms. The molecule has 2 rings (SSSR count).